The smallest absolute Gasteiger partial charge is 0.348 e. The first kappa shape index (κ1) is 14.6. The van der Waals surface area contributed by atoms with Gasteiger partial charge in [0.05, 0.1) is 13.7 Å². The number of aliphatic hydroxyl groups is 1. The summed E-state index contributed by atoms with van der Waals surface area (Å²) >= 11 is 1.37. The highest BCUT2D eigenvalue weighted by molar-refractivity contribution is 7.12. The van der Waals surface area contributed by atoms with E-state index in [1.807, 2.05) is 46.7 Å². The van der Waals surface area contributed by atoms with Crippen molar-refractivity contribution in [2.24, 2.45) is 0 Å². The molecule has 20 heavy (non-hydrogen) atoms. The van der Waals surface area contributed by atoms with Crippen LogP contribution in [0.1, 0.15) is 15.2 Å². The number of carbonyl (C=O) groups excluding carboxylic acids is 1. The van der Waals surface area contributed by atoms with Crippen LogP contribution in [0.4, 0.5) is 5.69 Å². The third kappa shape index (κ3) is 3.37. The standard InChI is InChI=1S/C15H17NO3S/c1-19-15(18)14-12(7-10-20-14)11-16(8-9-17)13-5-3-2-4-6-13/h2-7,10,17H,8-9,11H2,1H3. The second-order valence-electron chi connectivity index (χ2n) is 4.25. The number of methoxy groups -OCH3 is 1. The van der Waals surface area contributed by atoms with E-state index in [-0.39, 0.29) is 12.6 Å². The average molecular weight is 291 g/mol. The van der Waals surface area contributed by atoms with Gasteiger partial charge in [-0.3, -0.25) is 0 Å². The maximum absolute atomic E-state index is 11.7. The number of para-hydroxylation sites is 1. The van der Waals surface area contributed by atoms with E-state index in [0.717, 1.165) is 11.3 Å². The third-order valence-corrected chi connectivity index (χ3v) is 3.91. The lowest BCUT2D eigenvalue weighted by atomic mass is 10.2. The van der Waals surface area contributed by atoms with Crippen LogP contribution in [-0.4, -0.2) is 31.3 Å². The number of ether oxygens (including phenoxy) is 1. The van der Waals surface area contributed by atoms with Crippen LogP contribution in [0.15, 0.2) is 41.8 Å². The zero-order valence-electron chi connectivity index (χ0n) is 11.3. The Morgan fingerprint density at radius 2 is 2.05 bits per heavy atom. The molecule has 1 N–H and O–H groups in total. The van der Waals surface area contributed by atoms with E-state index in [0.29, 0.717) is 18.0 Å². The highest BCUT2D eigenvalue weighted by atomic mass is 32.1. The van der Waals surface area contributed by atoms with Crippen LogP contribution in [0, 0.1) is 0 Å². The molecular weight excluding hydrogens is 274 g/mol. The van der Waals surface area contributed by atoms with Gasteiger partial charge in [0.25, 0.3) is 0 Å². The number of thiophene rings is 1. The molecular formula is C15H17NO3S. The number of benzene rings is 1. The van der Waals surface area contributed by atoms with Gasteiger partial charge in [-0.25, -0.2) is 4.79 Å². The Bertz CT molecular complexity index is 553. The molecule has 5 heteroatoms. The summed E-state index contributed by atoms with van der Waals surface area (Å²) in [5, 5.41) is 11.1. The Balaban J connectivity index is 2.21. The van der Waals surface area contributed by atoms with Crippen molar-refractivity contribution in [1.29, 1.82) is 0 Å². The second-order valence-corrected chi connectivity index (χ2v) is 5.16. The fourth-order valence-corrected chi connectivity index (χ4v) is 2.83. The summed E-state index contributed by atoms with van der Waals surface area (Å²) in [6, 6.07) is 11.7. The highest BCUT2D eigenvalue weighted by Gasteiger charge is 2.16. The molecule has 0 amide bonds. The number of nitrogens with zero attached hydrogens (tertiary/aromatic N) is 1. The average Bonchev–Trinajstić information content (AvgIpc) is 2.95. The fourth-order valence-electron chi connectivity index (χ4n) is 2.00. The first-order valence-electron chi connectivity index (χ1n) is 6.31. The van der Waals surface area contributed by atoms with Gasteiger partial charge in [0.2, 0.25) is 0 Å². The Kier molecular flexibility index (Phi) is 5.15. The predicted octanol–water partition coefficient (Wildman–Crippen LogP) is 2.53. The molecule has 0 saturated carbocycles. The Morgan fingerprint density at radius 3 is 2.70 bits per heavy atom. The van der Waals surface area contributed by atoms with Crippen molar-refractivity contribution in [2.45, 2.75) is 6.54 Å². The molecule has 1 heterocycles. The van der Waals surface area contributed by atoms with Gasteiger partial charge in [-0.1, -0.05) is 18.2 Å². The van der Waals surface area contributed by atoms with Crippen molar-refractivity contribution in [3.05, 3.63) is 52.2 Å². The maximum atomic E-state index is 11.7. The van der Waals surface area contributed by atoms with Crippen LogP contribution in [0.25, 0.3) is 0 Å². The number of hydrogen-bond donors (Lipinski definition) is 1. The largest absolute Gasteiger partial charge is 0.465 e. The van der Waals surface area contributed by atoms with Gasteiger partial charge >= 0.3 is 5.97 Å². The van der Waals surface area contributed by atoms with Crippen LogP contribution in [-0.2, 0) is 11.3 Å². The molecule has 106 valence electrons. The van der Waals surface area contributed by atoms with Crippen molar-refractivity contribution in [1.82, 2.24) is 0 Å². The van der Waals surface area contributed by atoms with E-state index >= 15 is 0 Å². The van der Waals surface area contributed by atoms with Gasteiger partial charge in [0.15, 0.2) is 0 Å². The van der Waals surface area contributed by atoms with Gasteiger partial charge in [-0.2, -0.15) is 0 Å². The predicted molar refractivity (Wildman–Crippen MR) is 80.2 cm³/mol. The van der Waals surface area contributed by atoms with Crippen LogP contribution in [0.2, 0.25) is 0 Å². The quantitative estimate of drug-likeness (QED) is 0.831. The molecule has 0 spiro atoms. The van der Waals surface area contributed by atoms with Gasteiger partial charge in [0, 0.05) is 18.8 Å². The number of esters is 1. The molecule has 2 aromatic rings. The van der Waals surface area contributed by atoms with E-state index < -0.39 is 0 Å². The van der Waals surface area contributed by atoms with Crippen LogP contribution in [0.3, 0.4) is 0 Å². The fraction of sp³-hybridized carbons (Fsp3) is 0.267. The molecule has 0 aliphatic rings. The molecule has 1 aromatic heterocycles. The number of anilines is 1. The zero-order valence-corrected chi connectivity index (χ0v) is 12.1. The van der Waals surface area contributed by atoms with Crippen LogP contribution >= 0.6 is 11.3 Å². The molecule has 2 rings (SSSR count). The molecule has 0 radical (unpaired) electrons. The summed E-state index contributed by atoms with van der Waals surface area (Å²) in [5.74, 6) is -0.313. The summed E-state index contributed by atoms with van der Waals surface area (Å²) in [5.41, 5.74) is 1.93. The minimum absolute atomic E-state index is 0.0621. The van der Waals surface area contributed by atoms with E-state index in [1.165, 1.54) is 18.4 Å². The highest BCUT2D eigenvalue weighted by Crippen LogP contribution is 2.22. The maximum Gasteiger partial charge on any atom is 0.348 e. The monoisotopic (exact) mass is 291 g/mol. The summed E-state index contributed by atoms with van der Waals surface area (Å²) in [6.07, 6.45) is 0. The zero-order chi connectivity index (χ0) is 14.4. The van der Waals surface area contributed by atoms with Gasteiger partial charge in [0.1, 0.15) is 4.88 Å². The minimum atomic E-state index is -0.313. The minimum Gasteiger partial charge on any atom is -0.465 e. The molecule has 4 nitrogen and oxygen atoms in total. The summed E-state index contributed by atoms with van der Waals surface area (Å²) in [7, 11) is 1.38. The molecule has 0 saturated heterocycles. The number of carbonyl (C=O) groups is 1. The van der Waals surface area contributed by atoms with Crippen molar-refractivity contribution >= 4 is 23.0 Å². The molecule has 0 fully saturated rings. The van der Waals surface area contributed by atoms with Gasteiger partial charge in [-0.15, -0.1) is 11.3 Å². The number of hydrogen-bond acceptors (Lipinski definition) is 5. The van der Waals surface area contributed by atoms with E-state index in [2.05, 4.69) is 0 Å². The van der Waals surface area contributed by atoms with Gasteiger partial charge in [-0.05, 0) is 29.1 Å². The number of aliphatic hydroxyl groups excluding tert-OH is 1. The summed E-state index contributed by atoms with van der Waals surface area (Å²) in [6.45, 7) is 1.14. The first-order chi connectivity index (χ1) is 9.76. The molecule has 1 aromatic carbocycles. The third-order valence-electron chi connectivity index (χ3n) is 2.97. The van der Waals surface area contributed by atoms with Crippen molar-refractivity contribution < 1.29 is 14.6 Å². The normalized spacial score (nSPS) is 10.3. The molecule has 0 unspecified atom stereocenters. The lowest BCUT2D eigenvalue weighted by Crippen LogP contribution is -2.26. The summed E-state index contributed by atoms with van der Waals surface area (Å²) in [4.78, 5) is 14.3. The Morgan fingerprint density at radius 1 is 1.30 bits per heavy atom. The molecule has 0 aliphatic carbocycles. The number of rotatable bonds is 6. The van der Waals surface area contributed by atoms with Crippen molar-refractivity contribution in [2.75, 3.05) is 25.2 Å². The topological polar surface area (TPSA) is 49.8 Å². The lowest BCUT2D eigenvalue weighted by Gasteiger charge is -2.24. The lowest BCUT2D eigenvalue weighted by molar-refractivity contribution is 0.0605. The Hall–Kier alpha value is -1.85. The van der Waals surface area contributed by atoms with E-state index in [9.17, 15) is 9.90 Å². The Labute approximate surface area is 122 Å². The van der Waals surface area contributed by atoms with E-state index in [4.69, 9.17) is 4.74 Å². The molecule has 0 bridgehead atoms. The molecule has 0 aliphatic heterocycles. The van der Waals surface area contributed by atoms with Crippen molar-refractivity contribution in [3.63, 3.8) is 0 Å². The summed E-state index contributed by atoms with van der Waals surface area (Å²) < 4.78 is 4.79. The van der Waals surface area contributed by atoms with Gasteiger partial charge < -0.3 is 14.7 Å². The molecule has 0 atom stereocenters. The second kappa shape index (κ2) is 7.07. The first-order valence-corrected chi connectivity index (χ1v) is 7.19. The van der Waals surface area contributed by atoms with Crippen LogP contribution in [0.5, 0.6) is 0 Å². The van der Waals surface area contributed by atoms with Crippen LogP contribution < -0.4 is 4.90 Å². The van der Waals surface area contributed by atoms with E-state index in [1.54, 1.807) is 0 Å². The van der Waals surface area contributed by atoms with Crippen molar-refractivity contribution in [3.8, 4) is 0 Å². The SMILES string of the molecule is COC(=O)c1sccc1CN(CCO)c1ccccc1.